The molecule has 0 unspecified atom stereocenters. The maximum Gasteiger partial charge on any atom is 0.466 e. The second-order valence-electron chi connectivity index (χ2n) is 1.61. The quantitative estimate of drug-likeness (QED) is 0.338. The van der Waals surface area contributed by atoms with Crippen molar-refractivity contribution in [1.82, 2.24) is 0 Å². The zero-order chi connectivity index (χ0) is 8.08. The molecule has 7 heteroatoms. The van der Waals surface area contributed by atoms with E-state index in [2.05, 4.69) is 0 Å². The van der Waals surface area contributed by atoms with Crippen molar-refractivity contribution in [2.45, 2.75) is 20.0 Å². The molecule has 0 aliphatic rings. The van der Waals surface area contributed by atoms with Crippen LogP contribution in [0.2, 0.25) is 0 Å². The van der Waals surface area contributed by atoms with Crippen molar-refractivity contribution in [3.63, 3.8) is 0 Å². The Bertz CT molecular complexity index is 84.1. The molecule has 0 saturated heterocycles. The lowest BCUT2D eigenvalue weighted by molar-refractivity contribution is 0.216. The largest absolute Gasteiger partial charge is 0.466 e. The van der Waals surface area contributed by atoms with Crippen LogP contribution in [0.3, 0.4) is 0 Å². The molecular formula is C3H13O6P. The van der Waals surface area contributed by atoms with Crippen LogP contribution in [0.25, 0.3) is 0 Å². The van der Waals surface area contributed by atoms with Crippen molar-refractivity contribution in [1.29, 1.82) is 0 Å². The molecule has 0 rings (SSSR count). The predicted octanol–water partition coefficient (Wildman–Crippen LogP) is -1.37. The first kappa shape index (κ1) is 16.5. The van der Waals surface area contributed by atoms with Crippen LogP contribution in [0.5, 0.6) is 0 Å². The normalized spacial score (nSPS) is 9.50. The molecule has 10 heavy (non-hydrogen) atoms. The van der Waals surface area contributed by atoms with E-state index in [1.165, 1.54) is 0 Å². The molecule has 0 aromatic heterocycles. The highest BCUT2D eigenvalue weighted by Crippen LogP contribution is 2.25. The zero-order valence-corrected chi connectivity index (χ0v) is 6.62. The monoisotopic (exact) mass is 176 g/mol. The standard InChI is InChI=1S/C3H8O.H3O4P.H2O/c1-3(2)4;1-5(2,3)4;/h3-4H,1-2H3;(H3,1,2,3,4);1H2. The van der Waals surface area contributed by atoms with Gasteiger partial charge in [0.25, 0.3) is 0 Å². The zero-order valence-electron chi connectivity index (χ0n) is 5.72. The smallest absolute Gasteiger partial charge is 0.412 e. The Hall–Kier alpha value is 0.0300. The lowest BCUT2D eigenvalue weighted by atomic mass is 10.5. The van der Waals surface area contributed by atoms with Crippen molar-refractivity contribution in [3.05, 3.63) is 0 Å². The summed E-state index contributed by atoms with van der Waals surface area (Å²) in [7, 11) is -4.64. The van der Waals surface area contributed by atoms with Gasteiger partial charge in [-0.05, 0) is 13.8 Å². The molecule has 0 aromatic carbocycles. The number of aliphatic hydroxyl groups is 1. The van der Waals surface area contributed by atoms with Crippen molar-refractivity contribution >= 4 is 7.82 Å². The first-order valence-electron chi connectivity index (χ1n) is 2.20. The summed E-state index contributed by atoms with van der Waals surface area (Å²) >= 11 is 0. The second-order valence-corrected chi connectivity index (χ2v) is 2.63. The highest BCUT2D eigenvalue weighted by molar-refractivity contribution is 7.45. The van der Waals surface area contributed by atoms with Gasteiger partial charge in [0.1, 0.15) is 0 Å². The molecule has 0 saturated carbocycles. The summed E-state index contributed by atoms with van der Waals surface area (Å²) in [5.41, 5.74) is 0. The van der Waals surface area contributed by atoms with Crippen LogP contribution in [0.15, 0.2) is 0 Å². The van der Waals surface area contributed by atoms with Crippen molar-refractivity contribution in [2.75, 3.05) is 0 Å². The number of hydrogen-bond donors (Lipinski definition) is 4. The second kappa shape index (κ2) is 7.14. The molecule has 0 radical (unpaired) electrons. The van der Waals surface area contributed by atoms with E-state index in [1.807, 2.05) is 0 Å². The third-order valence-corrected chi connectivity index (χ3v) is 0. The minimum atomic E-state index is -4.64. The molecule has 0 aliphatic carbocycles. The molecule has 0 aliphatic heterocycles. The Balaban J connectivity index is -0.0000000910. The lowest BCUT2D eigenvalue weighted by Gasteiger charge is -1.82. The van der Waals surface area contributed by atoms with Gasteiger partial charge in [0, 0.05) is 6.10 Å². The summed E-state index contributed by atoms with van der Waals surface area (Å²) in [6.45, 7) is 3.44. The van der Waals surface area contributed by atoms with Crippen molar-refractivity contribution in [2.24, 2.45) is 0 Å². The Morgan fingerprint density at radius 2 is 1.20 bits per heavy atom. The molecule has 0 spiro atoms. The summed E-state index contributed by atoms with van der Waals surface area (Å²) in [5, 5.41) is 8.06. The van der Waals surface area contributed by atoms with Crippen LogP contribution in [-0.2, 0) is 4.57 Å². The van der Waals surface area contributed by atoms with E-state index < -0.39 is 7.82 Å². The highest BCUT2D eigenvalue weighted by atomic mass is 31.2. The van der Waals surface area contributed by atoms with Crippen LogP contribution in [-0.4, -0.2) is 31.4 Å². The topological polar surface area (TPSA) is 129 Å². The predicted molar refractivity (Wildman–Crippen MR) is 35.2 cm³/mol. The fourth-order valence-electron chi connectivity index (χ4n) is 0. The fraction of sp³-hybridized carbons (Fsp3) is 1.00. The van der Waals surface area contributed by atoms with Gasteiger partial charge in [0.05, 0.1) is 0 Å². The van der Waals surface area contributed by atoms with Crippen molar-refractivity contribution in [3.8, 4) is 0 Å². The summed E-state index contributed by atoms with van der Waals surface area (Å²) in [5.74, 6) is 0. The third-order valence-electron chi connectivity index (χ3n) is 0. The van der Waals surface area contributed by atoms with Gasteiger partial charge in [-0.2, -0.15) is 0 Å². The Kier molecular flexibility index (Phi) is 11.8. The number of hydrogen-bond acceptors (Lipinski definition) is 2. The maximum absolute atomic E-state index is 8.88. The first-order chi connectivity index (χ1) is 3.73. The van der Waals surface area contributed by atoms with Gasteiger partial charge in [-0.3, -0.25) is 0 Å². The Morgan fingerprint density at radius 1 is 1.20 bits per heavy atom. The van der Waals surface area contributed by atoms with E-state index in [0.717, 1.165) is 0 Å². The van der Waals surface area contributed by atoms with E-state index in [4.69, 9.17) is 24.4 Å². The van der Waals surface area contributed by atoms with E-state index in [0.29, 0.717) is 0 Å². The molecular weight excluding hydrogens is 163 g/mol. The number of aliphatic hydroxyl groups excluding tert-OH is 1. The first-order valence-corrected chi connectivity index (χ1v) is 3.76. The van der Waals surface area contributed by atoms with Crippen LogP contribution in [0.1, 0.15) is 13.8 Å². The van der Waals surface area contributed by atoms with Crippen LogP contribution in [0, 0.1) is 0 Å². The van der Waals surface area contributed by atoms with Gasteiger partial charge in [-0.1, -0.05) is 0 Å². The summed E-state index contributed by atoms with van der Waals surface area (Å²) in [6, 6.07) is 0. The molecule has 0 bridgehead atoms. The van der Waals surface area contributed by atoms with Crippen LogP contribution < -0.4 is 0 Å². The SMILES string of the molecule is CC(C)O.O.O=P(O)(O)O. The summed E-state index contributed by atoms with van der Waals surface area (Å²) in [4.78, 5) is 21.6. The molecule has 6 nitrogen and oxygen atoms in total. The molecule has 0 fully saturated rings. The van der Waals surface area contributed by atoms with Gasteiger partial charge >= 0.3 is 7.82 Å². The highest BCUT2D eigenvalue weighted by Gasteiger charge is 2.00. The number of phosphoric acid groups is 1. The summed E-state index contributed by atoms with van der Waals surface area (Å²) in [6.07, 6.45) is -0.167. The van der Waals surface area contributed by atoms with Crippen LogP contribution in [0.4, 0.5) is 0 Å². The lowest BCUT2D eigenvalue weighted by Crippen LogP contribution is -1.85. The van der Waals surface area contributed by atoms with Gasteiger partial charge in [0.15, 0.2) is 0 Å². The molecule has 0 heterocycles. The maximum atomic E-state index is 8.88. The van der Waals surface area contributed by atoms with E-state index >= 15 is 0 Å². The Labute approximate surface area is 58.7 Å². The van der Waals surface area contributed by atoms with Gasteiger partial charge in [0.2, 0.25) is 0 Å². The number of rotatable bonds is 0. The average Bonchev–Trinajstić information content (AvgIpc) is 1.19. The molecule has 0 aromatic rings. The van der Waals surface area contributed by atoms with E-state index in [-0.39, 0.29) is 11.6 Å². The molecule has 0 atom stereocenters. The van der Waals surface area contributed by atoms with E-state index in [9.17, 15) is 0 Å². The Morgan fingerprint density at radius 3 is 1.20 bits per heavy atom. The molecule has 6 N–H and O–H groups in total. The molecule has 0 amide bonds. The minimum Gasteiger partial charge on any atom is -0.412 e. The fourth-order valence-corrected chi connectivity index (χ4v) is 0. The summed E-state index contributed by atoms with van der Waals surface area (Å²) < 4.78 is 8.88. The molecule has 66 valence electrons. The van der Waals surface area contributed by atoms with Gasteiger partial charge in [-0.25, -0.2) is 4.57 Å². The van der Waals surface area contributed by atoms with Crippen LogP contribution >= 0.6 is 7.82 Å². The minimum absolute atomic E-state index is 0. The third kappa shape index (κ3) is 441000. The van der Waals surface area contributed by atoms with Gasteiger partial charge in [-0.15, -0.1) is 0 Å². The van der Waals surface area contributed by atoms with Gasteiger partial charge < -0.3 is 25.3 Å². The van der Waals surface area contributed by atoms with E-state index in [1.54, 1.807) is 13.8 Å². The van der Waals surface area contributed by atoms with Crippen molar-refractivity contribution < 1.29 is 29.8 Å². The average molecular weight is 176 g/mol.